The van der Waals surface area contributed by atoms with Crippen LogP contribution in [0.15, 0.2) is 12.3 Å². The minimum Gasteiger partial charge on any atom is -0.618 e. The van der Waals surface area contributed by atoms with Gasteiger partial charge in [0.1, 0.15) is 0 Å². The minimum absolute atomic E-state index is 0.443. The number of hydrogen-bond acceptors (Lipinski definition) is 3. The fourth-order valence-electron chi connectivity index (χ4n) is 0.909. The van der Waals surface area contributed by atoms with Crippen LogP contribution in [0.1, 0.15) is 5.69 Å². The summed E-state index contributed by atoms with van der Waals surface area (Å²) in [5.41, 5.74) is 0.577. The van der Waals surface area contributed by atoms with E-state index in [1.165, 1.54) is 20.4 Å². The maximum atomic E-state index is 11.0. The average Bonchev–Trinajstić information content (AvgIpc) is 2.09. The zero-order valence-corrected chi connectivity index (χ0v) is 7.33. The molecule has 1 aromatic rings. The van der Waals surface area contributed by atoms with E-state index in [4.69, 9.17) is 9.47 Å². The molecular weight excluding hydrogens is 158 g/mol. The summed E-state index contributed by atoms with van der Waals surface area (Å²) in [6.07, 6.45) is 1.34. The molecule has 0 N–H and O–H groups in total. The molecule has 0 atom stereocenters. The quantitative estimate of drug-likeness (QED) is 0.482. The van der Waals surface area contributed by atoms with Crippen LogP contribution in [0.3, 0.4) is 0 Å². The van der Waals surface area contributed by atoms with E-state index >= 15 is 0 Å². The van der Waals surface area contributed by atoms with Gasteiger partial charge >= 0.3 is 0 Å². The fourth-order valence-corrected chi connectivity index (χ4v) is 0.909. The molecule has 0 bridgehead atoms. The molecule has 0 amide bonds. The predicted octanol–water partition coefficient (Wildman–Crippen LogP) is 0.646. The van der Waals surface area contributed by atoms with E-state index in [9.17, 15) is 5.21 Å². The number of rotatable bonds is 2. The molecule has 0 aliphatic rings. The number of methoxy groups -OCH3 is 2. The Morgan fingerprint density at radius 1 is 1.25 bits per heavy atom. The second-order valence-corrected chi connectivity index (χ2v) is 2.38. The van der Waals surface area contributed by atoms with Crippen molar-refractivity contribution in [3.8, 4) is 11.5 Å². The van der Waals surface area contributed by atoms with Gasteiger partial charge in [-0.05, 0) is 0 Å². The molecule has 0 spiro atoms. The van der Waals surface area contributed by atoms with Gasteiger partial charge in [0.05, 0.1) is 20.3 Å². The molecule has 4 nitrogen and oxygen atoms in total. The lowest BCUT2D eigenvalue weighted by molar-refractivity contribution is -0.612. The second-order valence-electron chi connectivity index (χ2n) is 2.38. The molecule has 66 valence electrons. The largest absolute Gasteiger partial charge is 0.618 e. The van der Waals surface area contributed by atoms with Gasteiger partial charge in [0, 0.05) is 6.92 Å². The summed E-state index contributed by atoms with van der Waals surface area (Å²) in [6.45, 7) is 1.70. The van der Waals surface area contributed by atoms with Crippen LogP contribution >= 0.6 is 0 Å². The third kappa shape index (κ3) is 1.42. The van der Waals surface area contributed by atoms with E-state index in [0.717, 1.165) is 4.73 Å². The molecule has 0 aromatic carbocycles. The van der Waals surface area contributed by atoms with E-state index in [1.54, 1.807) is 13.0 Å². The fraction of sp³-hybridized carbons (Fsp3) is 0.375. The summed E-state index contributed by atoms with van der Waals surface area (Å²) < 4.78 is 10.7. The van der Waals surface area contributed by atoms with Crippen molar-refractivity contribution in [2.24, 2.45) is 0 Å². The topological polar surface area (TPSA) is 45.4 Å². The van der Waals surface area contributed by atoms with Crippen LogP contribution in [-0.4, -0.2) is 14.2 Å². The summed E-state index contributed by atoms with van der Waals surface area (Å²) in [7, 11) is 3.03. The summed E-state index contributed by atoms with van der Waals surface area (Å²) in [4.78, 5) is 0. The minimum atomic E-state index is 0.443. The third-order valence-electron chi connectivity index (χ3n) is 1.60. The summed E-state index contributed by atoms with van der Waals surface area (Å²) >= 11 is 0. The molecule has 1 aromatic heterocycles. The van der Waals surface area contributed by atoms with Gasteiger partial charge in [-0.3, -0.25) is 0 Å². The SMILES string of the molecule is COc1cc(C)[n+]([O-])cc1OC. The summed E-state index contributed by atoms with van der Waals surface area (Å²) in [6, 6.07) is 1.63. The number of nitrogens with zero attached hydrogens (tertiary/aromatic N) is 1. The first kappa shape index (κ1) is 8.64. The second kappa shape index (κ2) is 3.30. The van der Waals surface area contributed by atoms with Crippen LogP contribution in [0.4, 0.5) is 0 Å². The van der Waals surface area contributed by atoms with E-state index in [-0.39, 0.29) is 0 Å². The molecule has 0 saturated heterocycles. The van der Waals surface area contributed by atoms with Gasteiger partial charge < -0.3 is 14.7 Å². The number of pyridine rings is 1. The maximum Gasteiger partial charge on any atom is 0.227 e. The van der Waals surface area contributed by atoms with Gasteiger partial charge in [0.15, 0.2) is 11.4 Å². The molecule has 0 saturated carbocycles. The molecule has 0 unspecified atom stereocenters. The highest BCUT2D eigenvalue weighted by molar-refractivity contribution is 5.36. The van der Waals surface area contributed by atoms with Crippen molar-refractivity contribution in [1.29, 1.82) is 0 Å². The number of aromatic nitrogens is 1. The molecule has 0 fully saturated rings. The van der Waals surface area contributed by atoms with Gasteiger partial charge in [0.2, 0.25) is 11.9 Å². The highest BCUT2D eigenvalue weighted by Gasteiger charge is 2.10. The first-order valence-electron chi connectivity index (χ1n) is 3.51. The Morgan fingerprint density at radius 2 is 1.83 bits per heavy atom. The zero-order chi connectivity index (χ0) is 9.14. The predicted molar refractivity (Wildman–Crippen MR) is 43.2 cm³/mol. The van der Waals surface area contributed by atoms with Gasteiger partial charge in [-0.1, -0.05) is 0 Å². The number of ether oxygens (including phenoxy) is 2. The van der Waals surface area contributed by atoms with Crippen molar-refractivity contribution in [2.75, 3.05) is 14.2 Å². The lowest BCUT2D eigenvalue weighted by Crippen LogP contribution is -2.29. The van der Waals surface area contributed by atoms with Crippen molar-refractivity contribution < 1.29 is 14.2 Å². The van der Waals surface area contributed by atoms with Gasteiger partial charge in [-0.15, -0.1) is 0 Å². The van der Waals surface area contributed by atoms with Gasteiger partial charge in [-0.2, -0.15) is 4.73 Å². The Balaban J connectivity index is 3.19. The van der Waals surface area contributed by atoms with Crippen molar-refractivity contribution >= 4 is 0 Å². The van der Waals surface area contributed by atoms with E-state index in [1.807, 2.05) is 0 Å². The Bertz CT molecular complexity index is 257. The molecule has 4 heteroatoms. The molecule has 1 heterocycles. The van der Waals surface area contributed by atoms with Gasteiger partial charge in [-0.25, -0.2) is 0 Å². The van der Waals surface area contributed by atoms with Crippen LogP contribution in [0.5, 0.6) is 11.5 Å². The van der Waals surface area contributed by atoms with Crippen molar-refractivity contribution in [3.63, 3.8) is 0 Å². The van der Waals surface area contributed by atoms with Crippen molar-refractivity contribution in [1.82, 2.24) is 0 Å². The summed E-state index contributed by atoms with van der Waals surface area (Å²) in [5, 5.41) is 11.0. The van der Waals surface area contributed by atoms with E-state index in [0.29, 0.717) is 17.2 Å². The Labute approximate surface area is 70.9 Å². The van der Waals surface area contributed by atoms with E-state index < -0.39 is 0 Å². The first-order chi connectivity index (χ1) is 5.69. The Morgan fingerprint density at radius 3 is 2.33 bits per heavy atom. The molecule has 12 heavy (non-hydrogen) atoms. The maximum absolute atomic E-state index is 11.0. The highest BCUT2D eigenvalue weighted by Crippen LogP contribution is 2.24. The van der Waals surface area contributed by atoms with Crippen molar-refractivity contribution in [2.45, 2.75) is 6.92 Å². The highest BCUT2D eigenvalue weighted by atomic mass is 16.5. The van der Waals surface area contributed by atoms with Gasteiger partial charge in [0.25, 0.3) is 0 Å². The standard InChI is InChI=1S/C8H11NO3/c1-6-4-7(11-2)8(12-3)5-9(6)10/h4-5H,1-3H3. The van der Waals surface area contributed by atoms with Crippen LogP contribution < -0.4 is 14.2 Å². The van der Waals surface area contributed by atoms with Crippen LogP contribution in [-0.2, 0) is 0 Å². The molecule has 0 aliphatic carbocycles. The van der Waals surface area contributed by atoms with Crippen molar-refractivity contribution in [3.05, 3.63) is 23.2 Å². The number of hydrogen-bond donors (Lipinski definition) is 0. The monoisotopic (exact) mass is 169 g/mol. The molecule has 1 rings (SSSR count). The van der Waals surface area contributed by atoms with Crippen LogP contribution in [0.25, 0.3) is 0 Å². The zero-order valence-electron chi connectivity index (χ0n) is 7.33. The van der Waals surface area contributed by atoms with E-state index in [2.05, 4.69) is 0 Å². The van der Waals surface area contributed by atoms with Crippen LogP contribution in [0, 0.1) is 12.1 Å². The van der Waals surface area contributed by atoms with Crippen LogP contribution in [0.2, 0.25) is 0 Å². The Hall–Kier alpha value is -1.45. The summed E-state index contributed by atoms with van der Waals surface area (Å²) in [5.74, 6) is 1.01. The molecule has 0 radical (unpaired) electrons. The lowest BCUT2D eigenvalue weighted by atomic mass is 10.3. The smallest absolute Gasteiger partial charge is 0.227 e. The third-order valence-corrected chi connectivity index (χ3v) is 1.60. The molecule has 0 aliphatic heterocycles. The normalized spacial score (nSPS) is 9.58. The average molecular weight is 169 g/mol. The molecular formula is C8H11NO3. The Kier molecular flexibility index (Phi) is 2.38. The lowest BCUT2D eigenvalue weighted by Gasteiger charge is -2.07. The first-order valence-corrected chi connectivity index (χ1v) is 3.51. The number of aryl methyl sites for hydroxylation is 1.